The van der Waals surface area contributed by atoms with Crippen LogP contribution in [0.15, 0.2) is 39.9 Å². The molecule has 0 atom stereocenters. The van der Waals surface area contributed by atoms with E-state index in [9.17, 15) is 13.2 Å². The average molecular weight is 365 g/mol. The Kier molecular flexibility index (Phi) is 4.98. The summed E-state index contributed by atoms with van der Waals surface area (Å²) >= 11 is 1.20. The molecule has 3 rings (SSSR count). The highest BCUT2D eigenvalue weighted by atomic mass is 32.2. The number of aromatic nitrogens is 1. The third-order valence-corrected chi connectivity index (χ3v) is 6.89. The third-order valence-electron chi connectivity index (χ3n) is 3.97. The van der Waals surface area contributed by atoms with Crippen molar-refractivity contribution in [2.75, 3.05) is 13.1 Å². The van der Waals surface area contributed by atoms with E-state index in [1.165, 1.54) is 11.3 Å². The zero-order valence-corrected chi connectivity index (χ0v) is 14.9. The van der Waals surface area contributed by atoms with E-state index in [0.29, 0.717) is 35.8 Å². The second kappa shape index (κ2) is 7.00. The molecule has 0 aliphatic carbocycles. The maximum absolute atomic E-state index is 12.5. The van der Waals surface area contributed by atoms with Crippen molar-refractivity contribution in [3.05, 3.63) is 47.1 Å². The van der Waals surface area contributed by atoms with Crippen molar-refractivity contribution in [1.82, 2.24) is 14.6 Å². The van der Waals surface area contributed by atoms with E-state index in [1.54, 1.807) is 28.5 Å². The maximum Gasteiger partial charge on any atom is 0.272 e. The van der Waals surface area contributed by atoms with E-state index in [-0.39, 0.29) is 11.9 Å². The highest BCUT2D eigenvalue weighted by Gasteiger charge is 2.27. The molecule has 0 spiro atoms. The van der Waals surface area contributed by atoms with Crippen LogP contribution in [0, 0.1) is 6.92 Å². The number of sulfonamides is 1. The summed E-state index contributed by atoms with van der Waals surface area (Å²) in [6.07, 6.45) is 1.20. The van der Waals surface area contributed by atoms with Crippen LogP contribution in [-0.4, -0.2) is 43.3 Å². The molecule has 1 fully saturated rings. The van der Waals surface area contributed by atoms with E-state index in [0.717, 1.165) is 5.69 Å². The van der Waals surface area contributed by atoms with Gasteiger partial charge in [0.05, 0.1) is 0 Å². The molecule has 8 heteroatoms. The molecule has 1 aliphatic rings. The first-order chi connectivity index (χ1) is 11.5. The second-order valence-electron chi connectivity index (χ2n) is 5.78. The molecule has 1 aliphatic heterocycles. The fraction of sp³-hybridized carbons (Fsp3) is 0.375. The van der Waals surface area contributed by atoms with Crippen molar-refractivity contribution in [3.63, 3.8) is 0 Å². The van der Waals surface area contributed by atoms with Crippen LogP contribution < -0.4 is 4.72 Å². The van der Waals surface area contributed by atoms with Gasteiger partial charge in [-0.25, -0.2) is 18.1 Å². The van der Waals surface area contributed by atoms with Gasteiger partial charge in [0.2, 0.25) is 10.0 Å². The summed E-state index contributed by atoms with van der Waals surface area (Å²) in [6.45, 7) is 2.89. The normalized spacial score (nSPS) is 16.3. The lowest BCUT2D eigenvalue weighted by molar-refractivity contribution is 0.0705. The molecule has 2 aromatic heterocycles. The van der Waals surface area contributed by atoms with Crippen LogP contribution in [0.4, 0.5) is 0 Å². The molecule has 1 saturated heterocycles. The molecule has 0 aromatic carbocycles. The number of hydrogen-bond acceptors (Lipinski definition) is 5. The molecular formula is C16H19N3O3S2. The van der Waals surface area contributed by atoms with E-state index in [2.05, 4.69) is 9.71 Å². The number of nitrogens with zero attached hydrogens (tertiary/aromatic N) is 2. The number of nitrogens with one attached hydrogen (secondary N) is 1. The Balaban J connectivity index is 1.59. The lowest BCUT2D eigenvalue weighted by atomic mass is 10.1. The molecule has 1 N–H and O–H groups in total. The summed E-state index contributed by atoms with van der Waals surface area (Å²) in [7, 11) is -3.46. The van der Waals surface area contributed by atoms with Crippen molar-refractivity contribution in [3.8, 4) is 0 Å². The molecule has 0 radical (unpaired) electrons. The number of likely N-dealkylation sites (tertiary alicyclic amines) is 1. The molecule has 0 bridgehead atoms. The van der Waals surface area contributed by atoms with Crippen molar-refractivity contribution < 1.29 is 13.2 Å². The van der Waals surface area contributed by atoms with Crippen LogP contribution in [0.3, 0.4) is 0 Å². The van der Waals surface area contributed by atoms with Gasteiger partial charge in [0.1, 0.15) is 9.90 Å². The zero-order chi connectivity index (χ0) is 17.2. The highest BCUT2D eigenvalue weighted by Crippen LogP contribution is 2.19. The predicted molar refractivity (Wildman–Crippen MR) is 92.5 cm³/mol. The van der Waals surface area contributed by atoms with E-state index < -0.39 is 10.0 Å². The molecule has 6 nitrogen and oxygen atoms in total. The van der Waals surface area contributed by atoms with Gasteiger partial charge < -0.3 is 4.90 Å². The number of aryl methyl sites for hydroxylation is 1. The van der Waals surface area contributed by atoms with E-state index in [4.69, 9.17) is 0 Å². The molecule has 3 heterocycles. The number of piperidine rings is 1. The lowest BCUT2D eigenvalue weighted by Crippen LogP contribution is -2.46. The molecule has 24 heavy (non-hydrogen) atoms. The minimum absolute atomic E-state index is 0.0988. The van der Waals surface area contributed by atoms with Crippen molar-refractivity contribution in [2.24, 2.45) is 0 Å². The Morgan fingerprint density at radius 2 is 2.00 bits per heavy atom. The van der Waals surface area contributed by atoms with Crippen molar-refractivity contribution >= 4 is 27.3 Å². The molecule has 1 amide bonds. The summed E-state index contributed by atoms with van der Waals surface area (Å²) < 4.78 is 27.5. The van der Waals surface area contributed by atoms with Crippen LogP contribution in [-0.2, 0) is 10.0 Å². The van der Waals surface area contributed by atoms with Gasteiger partial charge >= 0.3 is 0 Å². The van der Waals surface area contributed by atoms with Gasteiger partial charge in [-0.1, -0.05) is 12.1 Å². The SMILES string of the molecule is Cc1cccc(C(=O)N2CCC(NS(=O)(=O)c3cccs3)CC2)n1. The molecule has 0 saturated carbocycles. The number of pyridine rings is 1. The van der Waals surface area contributed by atoms with Crippen LogP contribution in [0.25, 0.3) is 0 Å². The van der Waals surface area contributed by atoms with Crippen molar-refractivity contribution in [2.45, 2.75) is 30.0 Å². The Hall–Kier alpha value is -1.77. The fourth-order valence-corrected chi connectivity index (χ4v) is 5.03. The van der Waals surface area contributed by atoms with E-state index in [1.807, 2.05) is 19.1 Å². The number of carbonyl (C=O) groups is 1. The largest absolute Gasteiger partial charge is 0.337 e. The highest BCUT2D eigenvalue weighted by molar-refractivity contribution is 7.91. The zero-order valence-electron chi connectivity index (χ0n) is 13.3. The Morgan fingerprint density at radius 1 is 1.25 bits per heavy atom. The molecule has 128 valence electrons. The number of carbonyl (C=O) groups excluding carboxylic acids is 1. The summed E-state index contributed by atoms with van der Waals surface area (Å²) in [5.74, 6) is -0.0988. The van der Waals surface area contributed by atoms with Gasteiger partial charge in [-0.05, 0) is 43.3 Å². The van der Waals surface area contributed by atoms with Crippen molar-refractivity contribution in [1.29, 1.82) is 0 Å². The number of rotatable bonds is 4. The van der Waals surface area contributed by atoms with Gasteiger partial charge in [-0.3, -0.25) is 4.79 Å². The van der Waals surface area contributed by atoms with Gasteiger partial charge in [-0.2, -0.15) is 0 Å². The number of thiophene rings is 1. The first-order valence-corrected chi connectivity index (χ1v) is 10.1. The average Bonchev–Trinajstić information content (AvgIpc) is 3.10. The van der Waals surface area contributed by atoms with Gasteiger partial charge in [0.15, 0.2) is 0 Å². The minimum atomic E-state index is -3.46. The van der Waals surface area contributed by atoms with Gasteiger partial charge in [-0.15, -0.1) is 11.3 Å². The van der Waals surface area contributed by atoms with Crippen LogP contribution >= 0.6 is 11.3 Å². The summed E-state index contributed by atoms with van der Waals surface area (Å²) in [4.78, 5) is 18.5. The minimum Gasteiger partial charge on any atom is -0.337 e. The van der Waals surface area contributed by atoms with Crippen LogP contribution in [0.1, 0.15) is 29.0 Å². The van der Waals surface area contributed by atoms with Gasteiger partial charge in [0, 0.05) is 24.8 Å². The van der Waals surface area contributed by atoms with Crippen LogP contribution in [0.5, 0.6) is 0 Å². The first kappa shape index (κ1) is 17.1. The predicted octanol–water partition coefficient (Wildman–Crippen LogP) is 2.03. The smallest absolute Gasteiger partial charge is 0.272 e. The lowest BCUT2D eigenvalue weighted by Gasteiger charge is -2.32. The molecular weight excluding hydrogens is 346 g/mol. The maximum atomic E-state index is 12.5. The second-order valence-corrected chi connectivity index (χ2v) is 8.67. The third kappa shape index (κ3) is 3.82. The monoisotopic (exact) mass is 365 g/mol. The standard InChI is InChI=1S/C16H19N3O3S2/c1-12-4-2-5-14(17-12)16(20)19-9-7-13(8-10-19)18-24(21,22)15-6-3-11-23-15/h2-6,11,13,18H,7-10H2,1H3. The Bertz CT molecular complexity index is 811. The summed E-state index contributed by atoms with van der Waals surface area (Å²) in [5.41, 5.74) is 1.24. The quantitative estimate of drug-likeness (QED) is 0.899. The van der Waals surface area contributed by atoms with E-state index >= 15 is 0 Å². The van der Waals surface area contributed by atoms with Gasteiger partial charge in [0.25, 0.3) is 5.91 Å². The number of amides is 1. The van der Waals surface area contributed by atoms with Crippen LogP contribution in [0.2, 0.25) is 0 Å². The fourth-order valence-electron chi connectivity index (χ4n) is 2.72. The Morgan fingerprint density at radius 3 is 2.62 bits per heavy atom. The Labute approximate surface area is 145 Å². The summed E-state index contributed by atoms with van der Waals surface area (Å²) in [5, 5.41) is 1.74. The molecule has 0 unspecified atom stereocenters. The first-order valence-electron chi connectivity index (χ1n) is 7.74. The summed E-state index contributed by atoms with van der Waals surface area (Å²) in [6, 6.07) is 8.54. The molecule has 2 aromatic rings. The number of hydrogen-bond donors (Lipinski definition) is 1. The topological polar surface area (TPSA) is 79.4 Å².